The van der Waals surface area contributed by atoms with Crippen LogP contribution in [0.2, 0.25) is 0 Å². The largest absolute Gasteiger partial charge is 0.490 e. The van der Waals surface area contributed by atoms with Gasteiger partial charge in [-0.2, -0.15) is 0 Å². The smallest absolute Gasteiger partial charge is 0.336 e. The molecule has 0 heterocycles. The van der Waals surface area contributed by atoms with E-state index in [-0.39, 0.29) is 0 Å². The van der Waals surface area contributed by atoms with Gasteiger partial charge >= 0.3 is 5.97 Å². The van der Waals surface area contributed by atoms with Gasteiger partial charge in [0.15, 0.2) is 11.5 Å². The predicted molar refractivity (Wildman–Crippen MR) is 115 cm³/mol. The van der Waals surface area contributed by atoms with Crippen LogP contribution in [0.4, 0.5) is 0 Å². The van der Waals surface area contributed by atoms with Gasteiger partial charge in [0.05, 0.1) is 13.2 Å². The summed E-state index contributed by atoms with van der Waals surface area (Å²) in [5.74, 6) is 1.40. The van der Waals surface area contributed by atoms with Gasteiger partial charge in [-0.1, -0.05) is 48.5 Å². The summed E-state index contributed by atoms with van der Waals surface area (Å²) in [5.41, 5.74) is 3.01. The van der Waals surface area contributed by atoms with E-state index in [0.717, 1.165) is 16.7 Å². The van der Waals surface area contributed by atoms with Crippen molar-refractivity contribution in [3.8, 4) is 28.4 Å². The fourth-order valence-corrected chi connectivity index (χ4v) is 2.83. The third kappa shape index (κ3) is 5.72. The number of ether oxygens (including phenoxy) is 3. The first kappa shape index (κ1) is 20.2. The third-order valence-electron chi connectivity index (χ3n) is 4.16. The molecule has 3 aromatic rings. The zero-order valence-electron chi connectivity index (χ0n) is 16.6. The molecule has 0 unspecified atom stereocenters. The van der Waals surface area contributed by atoms with Crippen molar-refractivity contribution in [1.82, 2.24) is 0 Å². The van der Waals surface area contributed by atoms with Crippen molar-refractivity contribution in [3.05, 3.63) is 84.4 Å². The highest BCUT2D eigenvalue weighted by Gasteiger charge is 2.06. The van der Waals surface area contributed by atoms with Gasteiger partial charge < -0.3 is 14.2 Å². The minimum Gasteiger partial charge on any atom is -0.490 e. The van der Waals surface area contributed by atoms with Gasteiger partial charge in [-0.3, -0.25) is 0 Å². The van der Waals surface area contributed by atoms with Crippen molar-refractivity contribution < 1.29 is 19.0 Å². The molecule has 0 aliphatic heterocycles. The number of carbonyl (C=O) groups excluding carboxylic acids is 1. The van der Waals surface area contributed by atoms with Crippen LogP contribution in [0.5, 0.6) is 17.2 Å². The van der Waals surface area contributed by atoms with Crippen molar-refractivity contribution in [3.63, 3.8) is 0 Å². The molecule has 0 amide bonds. The van der Waals surface area contributed by atoms with E-state index in [1.165, 1.54) is 6.08 Å². The molecule has 0 atom stereocenters. The van der Waals surface area contributed by atoms with E-state index < -0.39 is 5.97 Å². The van der Waals surface area contributed by atoms with Crippen molar-refractivity contribution in [2.24, 2.45) is 0 Å². The molecule has 0 aromatic heterocycles. The Balaban J connectivity index is 1.64. The number of hydrogen-bond donors (Lipinski definition) is 0. The molecule has 3 aromatic carbocycles. The summed E-state index contributed by atoms with van der Waals surface area (Å²) in [5, 5.41) is 0. The Hall–Kier alpha value is -3.53. The molecule has 148 valence electrons. The summed E-state index contributed by atoms with van der Waals surface area (Å²) in [4.78, 5) is 12.2. The van der Waals surface area contributed by atoms with Gasteiger partial charge in [0.1, 0.15) is 5.75 Å². The fourth-order valence-electron chi connectivity index (χ4n) is 2.83. The van der Waals surface area contributed by atoms with Crippen LogP contribution in [0, 0.1) is 0 Å². The van der Waals surface area contributed by atoms with Gasteiger partial charge in [0.25, 0.3) is 0 Å². The highest BCUT2D eigenvalue weighted by molar-refractivity contribution is 5.89. The number of carbonyl (C=O) groups is 1. The zero-order chi connectivity index (χ0) is 20.5. The van der Waals surface area contributed by atoms with E-state index in [1.54, 1.807) is 18.2 Å². The zero-order valence-corrected chi connectivity index (χ0v) is 16.6. The molecule has 0 saturated carbocycles. The van der Waals surface area contributed by atoms with Crippen molar-refractivity contribution >= 4 is 12.0 Å². The molecule has 4 heteroatoms. The maximum atomic E-state index is 12.2. The number of esters is 1. The normalized spacial score (nSPS) is 10.7. The summed E-state index contributed by atoms with van der Waals surface area (Å²) >= 11 is 0. The second kappa shape index (κ2) is 10.1. The molecule has 0 aliphatic rings. The average molecular weight is 388 g/mol. The topological polar surface area (TPSA) is 44.8 Å². The number of rotatable bonds is 8. The number of benzene rings is 3. The van der Waals surface area contributed by atoms with Crippen LogP contribution in [-0.2, 0) is 4.79 Å². The monoisotopic (exact) mass is 388 g/mol. The molecule has 0 saturated heterocycles. The first-order valence-electron chi connectivity index (χ1n) is 9.64. The number of hydrogen-bond acceptors (Lipinski definition) is 4. The van der Waals surface area contributed by atoms with Crippen molar-refractivity contribution in [1.29, 1.82) is 0 Å². The predicted octanol–water partition coefficient (Wildman–Crippen LogP) is 5.77. The van der Waals surface area contributed by atoms with Crippen molar-refractivity contribution in [2.45, 2.75) is 13.8 Å². The molecular formula is C25H24O4. The van der Waals surface area contributed by atoms with Crippen LogP contribution in [0.15, 0.2) is 78.9 Å². The highest BCUT2D eigenvalue weighted by Crippen LogP contribution is 2.29. The molecule has 0 radical (unpaired) electrons. The molecule has 0 spiro atoms. The van der Waals surface area contributed by atoms with E-state index in [9.17, 15) is 4.79 Å². The van der Waals surface area contributed by atoms with Gasteiger partial charge in [-0.25, -0.2) is 4.79 Å². The maximum Gasteiger partial charge on any atom is 0.336 e. The summed E-state index contributed by atoms with van der Waals surface area (Å²) in [6.45, 7) is 4.93. The third-order valence-corrected chi connectivity index (χ3v) is 4.16. The van der Waals surface area contributed by atoms with Crippen LogP contribution in [0.3, 0.4) is 0 Å². The molecule has 0 aliphatic carbocycles. The first-order chi connectivity index (χ1) is 14.2. The van der Waals surface area contributed by atoms with Crippen LogP contribution < -0.4 is 14.2 Å². The Labute approximate surface area is 171 Å². The molecule has 29 heavy (non-hydrogen) atoms. The summed E-state index contributed by atoms with van der Waals surface area (Å²) in [7, 11) is 0. The Morgan fingerprint density at radius 2 is 1.45 bits per heavy atom. The Morgan fingerprint density at radius 3 is 2.14 bits per heavy atom. The van der Waals surface area contributed by atoms with E-state index in [0.29, 0.717) is 30.5 Å². The van der Waals surface area contributed by atoms with Crippen LogP contribution in [0.25, 0.3) is 17.2 Å². The lowest BCUT2D eigenvalue weighted by atomic mass is 10.1. The standard InChI is InChI=1S/C25H24O4/c1-3-27-23-16-10-19(18-24(23)28-4-2)11-17-25(26)29-22-14-12-21(13-15-22)20-8-6-5-7-9-20/h5-18H,3-4H2,1-2H3/b17-11+. The van der Waals surface area contributed by atoms with Crippen LogP contribution >= 0.6 is 0 Å². The second-order valence-electron chi connectivity index (χ2n) is 6.22. The summed E-state index contributed by atoms with van der Waals surface area (Å²) in [6, 6.07) is 23.0. The highest BCUT2D eigenvalue weighted by atomic mass is 16.5. The maximum absolute atomic E-state index is 12.2. The van der Waals surface area contributed by atoms with E-state index in [1.807, 2.05) is 74.5 Å². The summed E-state index contributed by atoms with van der Waals surface area (Å²) in [6.07, 6.45) is 3.09. The van der Waals surface area contributed by atoms with Gasteiger partial charge in [0.2, 0.25) is 0 Å². The van der Waals surface area contributed by atoms with E-state index in [4.69, 9.17) is 14.2 Å². The van der Waals surface area contributed by atoms with Crippen molar-refractivity contribution in [2.75, 3.05) is 13.2 Å². The van der Waals surface area contributed by atoms with Gasteiger partial charge in [0, 0.05) is 6.08 Å². The van der Waals surface area contributed by atoms with E-state index in [2.05, 4.69) is 0 Å². The lowest BCUT2D eigenvalue weighted by Crippen LogP contribution is -2.03. The van der Waals surface area contributed by atoms with Gasteiger partial charge in [-0.15, -0.1) is 0 Å². The molecule has 0 bridgehead atoms. The second-order valence-corrected chi connectivity index (χ2v) is 6.22. The Kier molecular flexibility index (Phi) is 7.06. The lowest BCUT2D eigenvalue weighted by Gasteiger charge is -2.11. The molecule has 0 fully saturated rings. The lowest BCUT2D eigenvalue weighted by molar-refractivity contribution is -0.128. The Bertz CT molecular complexity index is 960. The SMILES string of the molecule is CCOc1ccc(/C=C/C(=O)Oc2ccc(-c3ccccc3)cc2)cc1OCC. The molecule has 3 rings (SSSR count). The van der Waals surface area contributed by atoms with Crippen LogP contribution in [0.1, 0.15) is 19.4 Å². The average Bonchev–Trinajstić information content (AvgIpc) is 2.75. The molecular weight excluding hydrogens is 364 g/mol. The van der Waals surface area contributed by atoms with Gasteiger partial charge in [-0.05, 0) is 60.9 Å². The molecule has 4 nitrogen and oxygen atoms in total. The first-order valence-corrected chi connectivity index (χ1v) is 9.64. The summed E-state index contributed by atoms with van der Waals surface area (Å²) < 4.78 is 16.5. The Morgan fingerprint density at radius 1 is 0.793 bits per heavy atom. The van der Waals surface area contributed by atoms with Crippen LogP contribution in [-0.4, -0.2) is 19.2 Å². The minimum atomic E-state index is -0.440. The molecule has 0 N–H and O–H groups in total. The quantitative estimate of drug-likeness (QED) is 0.279. The van der Waals surface area contributed by atoms with E-state index >= 15 is 0 Å². The minimum absolute atomic E-state index is 0.440. The fraction of sp³-hybridized carbons (Fsp3) is 0.160.